The van der Waals surface area contributed by atoms with E-state index in [1.807, 2.05) is 98.8 Å². The van der Waals surface area contributed by atoms with Gasteiger partial charge in [0.2, 0.25) is 11.6 Å². The summed E-state index contributed by atoms with van der Waals surface area (Å²) in [5.41, 5.74) is 6.52. The van der Waals surface area contributed by atoms with Crippen molar-refractivity contribution in [2.75, 3.05) is 0 Å². The summed E-state index contributed by atoms with van der Waals surface area (Å²) in [6.07, 6.45) is 0. The number of H-pyrrole nitrogens is 1. The van der Waals surface area contributed by atoms with Crippen molar-refractivity contribution in [1.82, 2.24) is 20.6 Å². The van der Waals surface area contributed by atoms with Crippen LogP contribution in [0, 0.1) is 25.2 Å². The number of nitrogens with zero attached hydrogens (tertiary/aromatic N) is 4. The molecule has 232 valence electrons. The molecule has 4 aromatic carbocycles. The van der Waals surface area contributed by atoms with E-state index in [1.165, 1.54) is 11.1 Å². The highest BCUT2D eigenvalue weighted by Gasteiger charge is 2.13. The van der Waals surface area contributed by atoms with E-state index in [9.17, 15) is 0 Å². The number of aromatic amines is 1. The van der Waals surface area contributed by atoms with E-state index in [0.29, 0.717) is 30.6 Å². The van der Waals surface area contributed by atoms with Crippen molar-refractivity contribution in [3.63, 3.8) is 0 Å². The Labute approximate surface area is 272 Å². The zero-order valence-electron chi connectivity index (χ0n) is 25.9. The molecule has 47 heavy (non-hydrogen) atoms. The van der Waals surface area contributed by atoms with Gasteiger partial charge in [-0.1, -0.05) is 84.9 Å². The molecule has 7 aromatic rings. The van der Waals surface area contributed by atoms with Gasteiger partial charge in [0.25, 0.3) is 0 Å². The molecule has 1 N–H and O–H groups in total. The predicted octanol–water partition coefficient (Wildman–Crippen LogP) is 8.72. The van der Waals surface area contributed by atoms with Crippen LogP contribution in [0.3, 0.4) is 0 Å². The second-order valence-corrected chi connectivity index (χ2v) is 10.6. The Morgan fingerprint density at radius 2 is 1.13 bits per heavy atom. The fourth-order valence-corrected chi connectivity index (χ4v) is 4.83. The van der Waals surface area contributed by atoms with Gasteiger partial charge in [-0.25, -0.2) is 0 Å². The Morgan fingerprint density at radius 1 is 0.638 bits per heavy atom. The fourth-order valence-electron chi connectivity index (χ4n) is 4.83. The van der Waals surface area contributed by atoms with E-state index in [2.05, 4.69) is 57.0 Å². The second-order valence-electron chi connectivity index (χ2n) is 10.6. The van der Waals surface area contributed by atoms with E-state index in [0.717, 1.165) is 45.3 Å². The molecular weight excluding hydrogens is 590 g/mol. The van der Waals surface area contributed by atoms with E-state index in [-0.39, 0.29) is 0 Å². The van der Waals surface area contributed by atoms with Crippen LogP contribution in [0.5, 0.6) is 11.5 Å². The summed E-state index contributed by atoms with van der Waals surface area (Å²) in [6.45, 7) is 4.53. The zero-order valence-corrected chi connectivity index (χ0v) is 25.9. The lowest BCUT2D eigenvalue weighted by Gasteiger charge is -2.07. The molecule has 0 saturated carbocycles. The maximum absolute atomic E-state index is 8.81. The molecule has 7 rings (SSSR count). The van der Waals surface area contributed by atoms with Gasteiger partial charge in [0.1, 0.15) is 42.3 Å². The second kappa shape index (κ2) is 14.6. The maximum atomic E-state index is 8.81. The SMILES string of the molecule is Cc1oc(-c2nn[nH]n2)cc1COc1ccc(-c2ccccc2)cc1.Cc1oc(C#N)cc1COc1ccc(-c2ccccc2)cc1. The lowest BCUT2D eigenvalue weighted by molar-refractivity contribution is 0.303. The van der Waals surface area contributed by atoms with Crippen molar-refractivity contribution in [3.8, 4) is 51.4 Å². The summed E-state index contributed by atoms with van der Waals surface area (Å²) in [5.74, 6) is 4.42. The Kier molecular flexibility index (Phi) is 9.50. The number of aryl methyl sites for hydroxylation is 2. The quantitative estimate of drug-likeness (QED) is 0.170. The monoisotopic (exact) mass is 621 g/mol. The highest BCUT2D eigenvalue weighted by molar-refractivity contribution is 5.64. The smallest absolute Gasteiger partial charge is 0.239 e. The molecule has 0 atom stereocenters. The minimum atomic E-state index is 0.315. The van der Waals surface area contributed by atoms with Crippen LogP contribution in [-0.2, 0) is 13.2 Å². The van der Waals surface area contributed by atoms with Crippen molar-refractivity contribution in [3.05, 3.63) is 150 Å². The molecule has 9 heteroatoms. The third kappa shape index (κ3) is 7.82. The summed E-state index contributed by atoms with van der Waals surface area (Å²) in [7, 11) is 0. The summed E-state index contributed by atoms with van der Waals surface area (Å²) in [4.78, 5) is 0. The van der Waals surface area contributed by atoms with Crippen LogP contribution in [0.2, 0.25) is 0 Å². The third-order valence-corrected chi connectivity index (χ3v) is 7.43. The number of rotatable bonds is 9. The van der Waals surface area contributed by atoms with Crippen LogP contribution in [0.15, 0.2) is 130 Å². The van der Waals surface area contributed by atoms with E-state index in [4.69, 9.17) is 23.6 Å². The first-order valence-electron chi connectivity index (χ1n) is 14.9. The standard InChI is InChI=1S/C19H16N4O2.C19H15NO2/c1-13-16(11-18(25-13)19-20-22-23-21-19)12-24-17-9-7-15(8-10-17)14-5-3-2-4-6-14;1-14-17(11-19(12-20)22-14)13-21-18-9-7-16(8-10-18)15-5-3-2-4-6-15/h2-11H,12H2,1H3,(H,20,21,22,23);2-11H,13H2,1H3. The predicted molar refractivity (Wildman–Crippen MR) is 177 cm³/mol. The lowest BCUT2D eigenvalue weighted by Crippen LogP contribution is -1.95. The minimum Gasteiger partial charge on any atom is -0.489 e. The number of hydrogen-bond donors (Lipinski definition) is 1. The van der Waals surface area contributed by atoms with Crippen molar-refractivity contribution < 1.29 is 18.3 Å². The molecule has 0 unspecified atom stereocenters. The van der Waals surface area contributed by atoms with Gasteiger partial charge in [0.05, 0.1) is 0 Å². The van der Waals surface area contributed by atoms with Gasteiger partial charge in [-0.2, -0.15) is 10.5 Å². The summed E-state index contributed by atoms with van der Waals surface area (Å²) >= 11 is 0. The van der Waals surface area contributed by atoms with Gasteiger partial charge >= 0.3 is 0 Å². The Bertz CT molecular complexity index is 2040. The van der Waals surface area contributed by atoms with Crippen molar-refractivity contribution in [1.29, 1.82) is 5.26 Å². The number of nitrogens with one attached hydrogen (secondary N) is 1. The molecule has 9 nitrogen and oxygen atoms in total. The van der Waals surface area contributed by atoms with Crippen LogP contribution >= 0.6 is 0 Å². The molecule has 3 heterocycles. The van der Waals surface area contributed by atoms with Crippen LogP contribution in [0.4, 0.5) is 0 Å². The minimum absolute atomic E-state index is 0.315. The molecule has 0 aliphatic carbocycles. The van der Waals surface area contributed by atoms with E-state index >= 15 is 0 Å². The van der Waals surface area contributed by atoms with Crippen LogP contribution in [0.1, 0.15) is 28.4 Å². The molecular formula is C38H31N5O4. The average molecular weight is 622 g/mol. The fraction of sp³-hybridized carbons (Fsp3) is 0.105. The number of benzene rings is 4. The van der Waals surface area contributed by atoms with E-state index < -0.39 is 0 Å². The number of tetrazole rings is 1. The van der Waals surface area contributed by atoms with Crippen molar-refractivity contribution >= 4 is 0 Å². The molecule has 0 radical (unpaired) electrons. The molecule has 0 bridgehead atoms. The summed E-state index contributed by atoms with van der Waals surface area (Å²) < 4.78 is 22.6. The van der Waals surface area contributed by atoms with Gasteiger partial charge in [-0.15, -0.1) is 10.2 Å². The number of ether oxygens (including phenoxy) is 2. The van der Waals surface area contributed by atoms with Crippen molar-refractivity contribution in [2.24, 2.45) is 0 Å². The molecule has 0 aliphatic rings. The lowest BCUT2D eigenvalue weighted by atomic mass is 10.1. The molecule has 0 saturated heterocycles. The van der Waals surface area contributed by atoms with Crippen molar-refractivity contribution in [2.45, 2.75) is 27.1 Å². The highest BCUT2D eigenvalue weighted by Crippen LogP contribution is 2.26. The Hall–Kier alpha value is -6.40. The normalized spacial score (nSPS) is 10.5. The van der Waals surface area contributed by atoms with Gasteiger partial charge in [-0.3, -0.25) is 0 Å². The third-order valence-electron chi connectivity index (χ3n) is 7.43. The van der Waals surface area contributed by atoms with Gasteiger partial charge in [0, 0.05) is 17.2 Å². The first-order valence-corrected chi connectivity index (χ1v) is 14.9. The Morgan fingerprint density at radius 3 is 1.60 bits per heavy atom. The number of nitriles is 1. The number of hydrogen-bond acceptors (Lipinski definition) is 8. The molecule has 3 aromatic heterocycles. The molecule has 0 amide bonds. The molecule has 0 spiro atoms. The zero-order chi connectivity index (χ0) is 32.4. The molecule has 0 aliphatic heterocycles. The first-order chi connectivity index (χ1) is 23.1. The summed E-state index contributed by atoms with van der Waals surface area (Å²) in [6, 6.07) is 42.0. The summed E-state index contributed by atoms with van der Waals surface area (Å²) in [5, 5.41) is 22.6. The number of aromatic nitrogens is 4. The van der Waals surface area contributed by atoms with Crippen LogP contribution < -0.4 is 9.47 Å². The largest absolute Gasteiger partial charge is 0.489 e. The number of furan rings is 2. The van der Waals surface area contributed by atoms with Gasteiger partial charge in [0.15, 0.2) is 5.76 Å². The van der Waals surface area contributed by atoms with Gasteiger partial charge < -0.3 is 18.3 Å². The maximum Gasteiger partial charge on any atom is 0.239 e. The topological polar surface area (TPSA) is 123 Å². The van der Waals surface area contributed by atoms with Gasteiger partial charge in [-0.05, 0) is 71.6 Å². The van der Waals surface area contributed by atoms with Crippen LogP contribution in [0.25, 0.3) is 33.8 Å². The first kappa shape index (κ1) is 30.6. The molecule has 0 fully saturated rings. The average Bonchev–Trinajstić information content (AvgIpc) is 3.88. The Balaban J connectivity index is 0.000000166. The highest BCUT2D eigenvalue weighted by atomic mass is 16.5. The van der Waals surface area contributed by atoms with Crippen LogP contribution in [-0.4, -0.2) is 20.6 Å². The van der Waals surface area contributed by atoms with E-state index in [1.54, 1.807) is 6.07 Å².